The second-order valence-electron chi connectivity index (χ2n) is 3.71. The van der Waals surface area contributed by atoms with Gasteiger partial charge in [0.2, 0.25) is 0 Å². The van der Waals surface area contributed by atoms with Gasteiger partial charge in [0.15, 0.2) is 0 Å². The normalized spacial score (nSPS) is 10.9. The summed E-state index contributed by atoms with van der Waals surface area (Å²) in [5.74, 6) is 0. The lowest BCUT2D eigenvalue weighted by atomic mass is 10.4. The van der Waals surface area contributed by atoms with Crippen molar-refractivity contribution in [1.29, 1.82) is 0 Å². The first-order chi connectivity index (χ1) is 7.65. The molecule has 2 heterocycles. The lowest BCUT2D eigenvalue weighted by Gasteiger charge is -1.98. The highest BCUT2D eigenvalue weighted by Gasteiger charge is 2.03. The Balaban J connectivity index is 1.84. The molecule has 0 fully saturated rings. The van der Waals surface area contributed by atoms with E-state index in [-0.39, 0.29) is 0 Å². The zero-order valence-corrected chi connectivity index (χ0v) is 11.3. The Kier molecular flexibility index (Phi) is 3.68. The van der Waals surface area contributed by atoms with Gasteiger partial charge >= 0.3 is 0 Å². The molecule has 2 aromatic rings. The highest BCUT2D eigenvalue weighted by molar-refractivity contribution is 7.11. The van der Waals surface area contributed by atoms with Crippen molar-refractivity contribution in [2.24, 2.45) is 0 Å². The number of hydrogen-bond donors (Lipinski definition) is 1. The van der Waals surface area contributed by atoms with Crippen LogP contribution in [0.1, 0.15) is 26.3 Å². The van der Waals surface area contributed by atoms with Crippen LogP contribution < -0.4 is 5.32 Å². The van der Waals surface area contributed by atoms with E-state index in [0.717, 1.165) is 34.5 Å². The highest BCUT2D eigenvalue weighted by atomic mass is 32.1. The Morgan fingerprint density at radius 3 is 2.56 bits per heavy atom. The first kappa shape index (κ1) is 11.7. The van der Waals surface area contributed by atoms with Crippen LogP contribution in [-0.2, 0) is 13.1 Å². The lowest BCUT2D eigenvalue weighted by Crippen LogP contribution is -2.12. The first-order valence-electron chi connectivity index (χ1n) is 5.20. The van der Waals surface area contributed by atoms with Gasteiger partial charge < -0.3 is 5.32 Å². The Bertz CT molecular complexity index is 454. The molecule has 0 spiro atoms. The molecule has 0 bridgehead atoms. The van der Waals surface area contributed by atoms with Crippen LogP contribution in [0.2, 0.25) is 0 Å². The fourth-order valence-electron chi connectivity index (χ4n) is 1.40. The van der Waals surface area contributed by atoms with Crippen molar-refractivity contribution in [2.45, 2.75) is 33.9 Å². The first-order valence-corrected chi connectivity index (χ1v) is 6.89. The summed E-state index contributed by atoms with van der Waals surface area (Å²) in [6, 6.07) is 0. The molecule has 0 saturated carbocycles. The van der Waals surface area contributed by atoms with E-state index in [2.05, 4.69) is 34.5 Å². The van der Waals surface area contributed by atoms with Gasteiger partial charge in [-0.05, 0) is 20.8 Å². The standard InChI is InChI=1S/C11H15N3S2/c1-7-8(2)16-11(13-7)5-12-4-10-6-15-9(3)14-10/h6,12H,4-5H2,1-3H3. The minimum atomic E-state index is 0.821. The average molecular weight is 253 g/mol. The number of nitrogens with one attached hydrogen (secondary N) is 1. The third-order valence-electron chi connectivity index (χ3n) is 2.32. The van der Waals surface area contributed by atoms with Crippen molar-refractivity contribution in [3.63, 3.8) is 0 Å². The zero-order valence-electron chi connectivity index (χ0n) is 9.70. The van der Waals surface area contributed by atoms with Gasteiger partial charge in [-0.15, -0.1) is 22.7 Å². The van der Waals surface area contributed by atoms with Crippen molar-refractivity contribution in [3.05, 3.63) is 31.7 Å². The van der Waals surface area contributed by atoms with E-state index in [1.807, 2.05) is 6.92 Å². The summed E-state index contributed by atoms with van der Waals surface area (Å²) in [6.07, 6.45) is 0. The van der Waals surface area contributed by atoms with E-state index in [0.29, 0.717) is 0 Å². The van der Waals surface area contributed by atoms with Gasteiger partial charge in [-0.3, -0.25) is 0 Å². The van der Waals surface area contributed by atoms with Crippen molar-refractivity contribution in [2.75, 3.05) is 0 Å². The smallest absolute Gasteiger partial charge is 0.107 e. The number of aromatic nitrogens is 2. The van der Waals surface area contributed by atoms with E-state index in [1.54, 1.807) is 22.7 Å². The third kappa shape index (κ3) is 2.87. The van der Waals surface area contributed by atoms with E-state index >= 15 is 0 Å². The van der Waals surface area contributed by atoms with Crippen LogP contribution in [0.5, 0.6) is 0 Å². The van der Waals surface area contributed by atoms with Crippen LogP contribution in [0.4, 0.5) is 0 Å². The molecular formula is C11H15N3S2. The predicted molar refractivity (Wildman–Crippen MR) is 69.0 cm³/mol. The third-order valence-corrected chi connectivity index (χ3v) is 4.22. The maximum absolute atomic E-state index is 4.48. The minimum absolute atomic E-state index is 0.821. The van der Waals surface area contributed by atoms with Crippen LogP contribution >= 0.6 is 22.7 Å². The van der Waals surface area contributed by atoms with Gasteiger partial charge in [0.25, 0.3) is 0 Å². The molecule has 0 saturated heterocycles. The van der Waals surface area contributed by atoms with Gasteiger partial charge in [0.05, 0.1) is 16.4 Å². The van der Waals surface area contributed by atoms with E-state index in [4.69, 9.17) is 0 Å². The molecule has 0 unspecified atom stereocenters. The van der Waals surface area contributed by atoms with Crippen LogP contribution in [0.3, 0.4) is 0 Å². The number of rotatable bonds is 4. The molecule has 0 radical (unpaired) electrons. The minimum Gasteiger partial charge on any atom is -0.305 e. The molecule has 0 aromatic carbocycles. The Morgan fingerprint density at radius 2 is 2.00 bits per heavy atom. The topological polar surface area (TPSA) is 37.8 Å². The van der Waals surface area contributed by atoms with E-state index in [9.17, 15) is 0 Å². The van der Waals surface area contributed by atoms with E-state index < -0.39 is 0 Å². The molecule has 3 nitrogen and oxygen atoms in total. The van der Waals surface area contributed by atoms with Crippen LogP contribution in [0, 0.1) is 20.8 Å². The van der Waals surface area contributed by atoms with Crippen molar-refractivity contribution in [1.82, 2.24) is 15.3 Å². The predicted octanol–water partition coefficient (Wildman–Crippen LogP) is 2.81. The van der Waals surface area contributed by atoms with Crippen LogP contribution in [-0.4, -0.2) is 9.97 Å². The van der Waals surface area contributed by atoms with Crippen molar-refractivity contribution >= 4 is 22.7 Å². The molecule has 0 atom stereocenters. The van der Waals surface area contributed by atoms with Gasteiger partial charge in [-0.2, -0.15) is 0 Å². The van der Waals surface area contributed by atoms with Crippen molar-refractivity contribution < 1.29 is 0 Å². The number of hydrogen-bond acceptors (Lipinski definition) is 5. The maximum Gasteiger partial charge on any atom is 0.107 e. The van der Waals surface area contributed by atoms with Crippen molar-refractivity contribution in [3.8, 4) is 0 Å². The Morgan fingerprint density at radius 1 is 1.19 bits per heavy atom. The van der Waals surface area contributed by atoms with Crippen LogP contribution in [0.15, 0.2) is 5.38 Å². The maximum atomic E-state index is 4.48. The van der Waals surface area contributed by atoms with E-state index in [1.165, 1.54) is 4.88 Å². The molecule has 2 aromatic heterocycles. The number of nitrogens with zero attached hydrogens (tertiary/aromatic N) is 2. The molecule has 2 rings (SSSR count). The van der Waals surface area contributed by atoms with Gasteiger partial charge in [-0.1, -0.05) is 0 Å². The van der Waals surface area contributed by atoms with Crippen LogP contribution in [0.25, 0.3) is 0 Å². The SMILES string of the molecule is Cc1nc(CNCc2nc(C)c(C)s2)cs1. The molecule has 0 amide bonds. The highest BCUT2D eigenvalue weighted by Crippen LogP contribution is 2.16. The second kappa shape index (κ2) is 5.03. The summed E-state index contributed by atoms with van der Waals surface area (Å²) in [5.41, 5.74) is 2.26. The quantitative estimate of drug-likeness (QED) is 0.910. The largest absolute Gasteiger partial charge is 0.305 e. The molecule has 86 valence electrons. The number of aryl methyl sites for hydroxylation is 3. The summed E-state index contributed by atoms with van der Waals surface area (Å²) in [6.45, 7) is 7.85. The fourth-order valence-corrected chi connectivity index (χ4v) is 2.92. The molecule has 0 aliphatic heterocycles. The molecule has 0 aliphatic rings. The summed E-state index contributed by atoms with van der Waals surface area (Å²) >= 11 is 3.46. The molecule has 0 aliphatic carbocycles. The monoisotopic (exact) mass is 253 g/mol. The summed E-state index contributed by atoms with van der Waals surface area (Å²) < 4.78 is 0. The van der Waals surface area contributed by atoms with Gasteiger partial charge in [-0.25, -0.2) is 9.97 Å². The number of thiazole rings is 2. The Labute approximate surface area is 104 Å². The molecule has 16 heavy (non-hydrogen) atoms. The molecular weight excluding hydrogens is 238 g/mol. The second-order valence-corrected chi connectivity index (χ2v) is 6.06. The Hall–Kier alpha value is -0.780. The van der Waals surface area contributed by atoms with Gasteiger partial charge in [0.1, 0.15) is 5.01 Å². The van der Waals surface area contributed by atoms with Gasteiger partial charge in [0, 0.05) is 23.3 Å². The molecule has 1 N–H and O–H groups in total. The summed E-state index contributed by atoms with van der Waals surface area (Å²) in [4.78, 5) is 10.2. The fraction of sp³-hybridized carbons (Fsp3) is 0.455. The lowest BCUT2D eigenvalue weighted by molar-refractivity contribution is 0.677. The average Bonchev–Trinajstić information content (AvgIpc) is 2.75. The molecule has 5 heteroatoms. The summed E-state index contributed by atoms with van der Waals surface area (Å²) in [7, 11) is 0. The summed E-state index contributed by atoms with van der Waals surface area (Å²) in [5, 5.41) is 7.74. The zero-order chi connectivity index (χ0) is 11.5.